The fourth-order valence-corrected chi connectivity index (χ4v) is 7.09. The van der Waals surface area contributed by atoms with Crippen LogP contribution in [0.5, 0.6) is 0 Å². The highest BCUT2D eigenvalue weighted by Crippen LogP contribution is 2.57. The molecule has 0 bridgehead atoms. The van der Waals surface area contributed by atoms with E-state index in [1.54, 1.807) is 13.0 Å². The molecular weight excluding hydrogens is 553 g/mol. The van der Waals surface area contributed by atoms with Crippen LogP contribution < -0.4 is 0 Å². The van der Waals surface area contributed by atoms with Gasteiger partial charge in [0.1, 0.15) is 0 Å². The minimum atomic E-state index is -0.643. The number of carbonyl (C=O) groups excluding carboxylic acids is 2. The van der Waals surface area contributed by atoms with Crippen LogP contribution in [-0.4, -0.2) is 60.2 Å². The van der Waals surface area contributed by atoms with Gasteiger partial charge in [0.25, 0.3) is 0 Å². The first kappa shape index (κ1) is 29.6. The monoisotopic (exact) mass is 591 g/mol. The molecule has 1 heterocycles. The lowest BCUT2D eigenvalue weighted by molar-refractivity contribution is -0.137. The van der Waals surface area contributed by atoms with Crippen LogP contribution in [0, 0.1) is 5.92 Å². The maximum absolute atomic E-state index is 14.3. The summed E-state index contributed by atoms with van der Waals surface area (Å²) < 4.78 is 0. The van der Waals surface area contributed by atoms with E-state index >= 15 is 0 Å². The Morgan fingerprint density at radius 2 is 1.51 bits per heavy atom. The van der Waals surface area contributed by atoms with Crippen LogP contribution >= 0.6 is 23.2 Å². The van der Waals surface area contributed by atoms with Crippen molar-refractivity contribution in [3.8, 4) is 0 Å². The average Bonchev–Trinajstić information content (AvgIpc) is 3.72. The molecule has 216 valence electrons. The van der Waals surface area contributed by atoms with Gasteiger partial charge in [0.05, 0.1) is 27.0 Å². The zero-order valence-electron chi connectivity index (χ0n) is 24.3. The maximum atomic E-state index is 14.3. The molecule has 0 N–H and O–H groups in total. The lowest BCUT2D eigenvalue weighted by Crippen LogP contribution is -2.53. The van der Waals surface area contributed by atoms with Crippen molar-refractivity contribution in [3.63, 3.8) is 0 Å². The number of nitrogens with zero attached hydrogens (tertiary/aromatic N) is 3. The molecule has 7 heteroatoms. The third-order valence-electron chi connectivity index (χ3n) is 9.69. The molecule has 5 nitrogen and oxygen atoms in total. The Morgan fingerprint density at radius 3 is 2.10 bits per heavy atom. The van der Waals surface area contributed by atoms with E-state index in [4.69, 9.17) is 23.2 Å². The minimum absolute atomic E-state index is 0.0619. The molecule has 2 unspecified atom stereocenters. The number of carbonyl (C=O) groups is 2. The lowest BCUT2D eigenvalue weighted by atomic mass is 9.79. The summed E-state index contributed by atoms with van der Waals surface area (Å²) in [4.78, 5) is 33.1. The summed E-state index contributed by atoms with van der Waals surface area (Å²) in [5.41, 5.74) is 2.25. The van der Waals surface area contributed by atoms with Gasteiger partial charge >= 0.3 is 0 Å². The van der Waals surface area contributed by atoms with Gasteiger partial charge in [-0.3, -0.25) is 9.59 Å². The molecular formula is C34H39Cl2N3O2. The maximum Gasteiger partial charge on any atom is 0.233 e. The van der Waals surface area contributed by atoms with Crippen molar-refractivity contribution >= 4 is 35.0 Å². The van der Waals surface area contributed by atoms with Crippen molar-refractivity contribution in [2.45, 2.75) is 50.1 Å². The van der Waals surface area contributed by atoms with E-state index in [-0.39, 0.29) is 29.3 Å². The SMILES string of the molecule is CC(=O)N(C)C1(c2ccccc2)CCN(CC2CC2(C(=O)N(C)[C@H](C)c2ccccc2)c2ccc(Cl)c(Cl)c2)CC1. The molecule has 3 aromatic carbocycles. The molecule has 0 spiro atoms. The van der Waals surface area contributed by atoms with E-state index in [0.29, 0.717) is 10.0 Å². The molecule has 2 amide bonds. The number of hydrogen-bond donors (Lipinski definition) is 0. The van der Waals surface area contributed by atoms with Crippen LogP contribution in [0.3, 0.4) is 0 Å². The minimum Gasteiger partial charge on any atom is -0.338 e. The van der Waals surface area contributed by atoms with Gasteiger partial charge < -0.3 is 14.7 Å². The van der Waals surface area contributed by atoms with E-state index in [9.17, 15) is 9.59 Å². The van der Waals surface area contributed by atoms with Crippen molar-refractivity contribution in [2.24, 2.45) is 5.92 Å². The number of benzene rings is 3. The van der Waals surface area contributed by atoms with Gasteiger partial charge in [-0.2, -0.15) is 0 Å². The Hall–Kier alpha value is -2.86. The second kappa shape index (κ2) is 11.8. The van der Waals surface area contributed by atoms with Crippen molar-refractivity contribution in [1.82, 2.24) is 14.7 Å². The molecule has 0 aromatic heterocycles. The fourth-order valence-electron chi connectivity index (χ4n) is 6.79. The summed E-state index contributed by atoms with van der Waals surface area (Å²) in [5.74, 6) is 0.348. The first-order valence-corrected chi connectivity index (χ1v) is 15.2. The van der Waals surface area contributed by atoms with Gasteiger partial charge in [-0.15, -0.1) is 0 Å². The smallest absolute Gasteiger partial charge is 0.233 e. The topological polar surface area (TPSA) is 43.9 Å². The first-order valence-electron chi connectivity index (χ1n) is 14.4. The standard InChI is InChI=1S/C34H39Cl2N3O2/c1-24(26-11-7-5-8-12-26)37(3)32(41)34(28-15-16-30(35)31(36)21-28)22-29(34)23-39-19-17-33(18-20-39,38(4)25(2)40)27-13-9-6-10-14-27/h5-16,21,24,29H,17-20,22-23H2,1-4H3/t24-,29?,34?/m1/s1. The Morgan fingerprint density at radius 1 is 0.902 bits per heavy atom. The highest BCUT2D eigenvalue weighted by atomic mass is 35.5. The quantitative estimate of drug-likeness (QED) is 0.285. The van der Waals surface area contributed by atoms with Crippen molar-refractivity contribution < 1.29 is 9.59 Å². The van der Waals surface area contributed by atoms with Crippen molar-refractivity contribution in [1.29, 1.82) is 0 Å². The van der Waals surface area contributed by atoms with Crippen LogP contribution in [0.4, 0.5) is 0 Å². The van der Waals surface area contributed by atoms with Crippen LogP contribution in [0.1, 0.15) is 55.8 Å². The number of rotatable bonds is 8. The van der Waals surface area contributed by atoms with Gasteiger partial charge in [-0.25, -0.2) is 0 Å². The van der Waals surface area contributed by atoms with Gasteiger partial charge in [0.15, 0.2) is 0 Å². The number of amides is 2. The van der Waals surface area contributed by atoms with E-state index in [0.717, 1.165) is 50.0 Å². The molecule has 2 fully saturated rings. The fraction of sp³-hybridized carbons (Fsp3) is 0.412. The Kier molecular flexibility index (Phi) is 8.52. The van der Waals surface area contributed by atoms with Crippen LogP contribution in [0.15, 0.2) is 78.9 Å². The summed E-state index contributed by atoms with van der Waals surface area (Å²) in [6, 6.07) is 26.1. The number of piperidine rings is 1. The highest BCUT2D eigenvalue weighted by Gasteiger charge is 2.62. The molecule has 3 atom stereocenters. The number of halogens is 2. The molecule has 5 rings (SSSR count). The summed E-state index contributed by atoms with van der Waals surface area (Å²) in [6.07, 6.45) is 2.46. The number of likely N-dealkylation sites (tertiary alicyclic amines) is 1. The number of likely N-dealkylation sites (N-methyl/N-ethyl adjacent to an activating group) is 1. The predicted octanol–water partition coefficient (Wildman–Crippen LogP) is 6.94. The van der Waals surface area contributed by atoms with E-state index in [2.05, 4.69) is 36.1 Å². The van der Waals surface area contributed by atoms with Gasteiger partial charge in [0.2, 0.25) is 11.8 Å². The summed E-state index contributed by atoms with van der Waals surface area (Å²) >= 11 is 12.8. The average molecular weight is 593 g/mol. The highest BCUT2D eigenvalue weighted by molar-refractivity contribution is 6.42. The first-order chi connectivity index (χ1) is 19.6. The largest absolute Gasteiger partial charge is 0.338 e. The molecule has 1 saturated heterocycles. The summed E-state index contributed by atoms with van der Waals surface area (Å²) in [6.45, 7) is 6.24. The van der Waals surface area contributed by atoms with E-state index in [1.165, 1.54) is 5.56 Å². The Labute approximate surface area is 254 Å². The summed E-state index contributed by atoms with van der Waals surface area (Å²) in [7, 11) is 3.82. The molecule has 0 radical (unpaired) electrons. The van der Waals surface area contributed by atoms with Gasteiger partial charge in [-0.05, 0) is 60.9 Å². The summed E-state index contributed by atoms with van der Waals surface area (Å²) in [5, 5.41) is 0.961. The second-order valence-electron chi connectivity index (χ2n) is 11.8. The second-order valence-corrected chi connectivity index (χ2v) is 12.6. The molecule has 1 aliphatic heterocycles. The van der Waals surface area contributed by atoms with Gasteiger partial charge in [-0.1, -0.05) is 89.9 Å². The Balaban J connectivity index is 1.37. The molecule has 2 aliphatic rings. The van der Waals surface area contributed by atoms with Crippen LogP contribution in [0.2, 0.25) is 10.0 Å². The lowest BCUT2D eigenvalue weighted by Gasteiger charge is -2.48. The van der Waals surface area contributed by atoms with E-state index < -0.39 is 5.41 Å². The zero-order valence-corrected chi connectivity index (χ0v) is 25.8. The normalized spacial score (nSPS) is 22.5. The molecule has 41 heavy (non-hydrogen) atoms. The van der Waals surface area contributed by atoms with Crippen LogP contribution in [0.25, 0.3) is 0 Å². The zero-order chi connectivity index (χ0) is 29.4. The van der Waals surface area contributed by atoms with Crippen molar-refractivity contribution in [2.75, 3.05) is 33.7 Å². The van der Waals surface area contributed by atoms with E-state index in [1.807, 2.05) is 72.4 Å². The third-order valence-corrected chi connectivity index (χ3v) is 10.4. The molecule has 3 aromatic rings. The Bertz CT molecular complexity index is 1390. The van der Waals surface area contributed by atoms with Gasteiger partial charge in [0, 0.05) is 40.7 Å². The third kappa shape index (κ3) is 5.52. The molecule has 1 saturated carbocycles. The van der Waals surface area contributed by atoms with Crippen LogP contribution in [-0.2, 0) is 20.5 Å². The number of hydrogen-bond acceptors (Lipinski definition) is 3. The van der Waals surface area contributed by atoms with Crippen molar-refractivity contribution in [3.05, 3.63) is 106 Å². The predicted molar refractivity (Wildman–Crippen MR) is 166 cm³/mol. The molecule has 1 aliphatic carbocycles.